The normalized spacial score (nSPS) is 27.3. The molecule has 21 heavy (non-hydrogen) atoms. The third-order valence-corrected chi connectivity index (χ3v) is 5.62. The predicted octanol–water partition coefficient (Wildman–Crippen LogP) is 2.90. The first-order valence-electron chi connectivity index (χ1n) is 7.38. The Balaban J connectivity index is 1.57. The standard InChI is InChI=1S/C16H19NO3S/c18-15(19)4-3-11-5-6-21-14(11)9-17-16(20)13-8-10-1-2-12(13)7-10/h3-6,10,12-13H,1-2,7-9H2,(H,17,20)(H,18,19)/b4-3+. The van der Waals surface area contributed by atoms with E-state index in [1.165, 1.54) is 19.3 Å². The van der Waals surface area contributed by atoms with E-state index < -0.39 is 5.97 Å². The van der Waals surface area contributed by atoms with Gasteiger partial charge < -0.3 is 10.4 Å². The van der Waals surface area contributed by atoms with Gasteiger partial charge in [0.2, 0.25) is 5.91 Å². The maximum atomic E-state index is 12.3. The van der Waals surface area contributed by atoms with Gasteiger partial charge in [0, 0.05) is 16.9 Å². The maximum absolute atomic E-state index is 12.3. The van der Waals surface area contributed by atoms with E-state index in [0.29, 0.717) is 12.5 Å². The van der Waals surface area contributed by atoms with E-state index in [-0.39, 0.29) is 11.8 Å². The zero-order valence-electron chi connectivity index (χ0n) is 11.7. The molecule has 2 aliphatic carbocycles. The van der Waals surface area contributed by atoms with Gasteiger partial charge in [-0.3, -0.25) is 4.79 Å². The molecule has 112 valence electrons. The van der Waals surface area contributed by atoms with Crippen LogP contribution < -0.4 is 5.32 Å². The van der Waals surface area contributed by atoms with E-state index >= 15 is 0 Å². The fourth-order valence-corrected chi connectivity index (χ4v) is 4.47. The third-order valence-electron chi connectivity index (χ3n) is 4.68. The molecule has 0 aliphatic heterocycles. The molecule has 0 aromatic carbocycles. The minimum Gasteiger partial charge on any atom is -0.478 e. The molecule has 0 saturated heterocycles. The van der Waals surface area contributed by atoms with Crippen LogP contribution in [0.15, 0.2) is 17.5 Å². The van der Waals surface area contributed by atoms with Crippen molar-refractivity contribution in [3.8, 4) is 0 Å². The number of amides is 1. The van der Waals surface area contributed by atoms with Gasteiger partial charge >= 0.3 is 5.97 Å². The lowest BCUT2D eigenvalue weighted by Gasteiger charge is -2.20. The van der Waals surface area contributed by atoms with Crippen LogP contribution in [0.3, 0.4) is 0 Å². The molecule has 3 rings (SSSR count). The summed E-state index contributed by atoms with van der Waals surface area (Å²) in [5.41, 5.74) is 0.871. The van der Waals surface area contributed by atoms with Crippen LogP contribution in [0, 0.1) is 17.8 Å². The molecular weight excluding hydrogens is 286 g/mol. The van der Waals surface area contributed by atoms with E-state index in [2.05, 4.69) is 5.32 Å². The monoisotopic (exact) mass is 305 g/mol. The van der Waals surface area contributed by atoms with E-state index in [0.717, 1.165) is 28.9 Å². The van der Waals surface area contributed by atoms with Crippen LogP contribution in [-0.2, 0) is 16.1 Å². The Kier molecular flexibility index (Phi) is 4.10. The lowest BCUT2D eigenvalue weighted by Crippen LogP contribution is -2.33. The number of thiophene rings is 1. The minimum absolute atomic E-state index is 0.170. The van der Waals surface area contributed by atoms with Gasteiger partial charge in [0.15, 0.2) is 0 Å². The van der Waals surface area contributed by atoms with E-state index in [1.807, 2.05) is 11.4 Å². The van der Waals surface area contributed by atoms with Gasteiger partial charge in [0.25, 0.3) is 0 Å². The Labute approximate surface area is 127 Å². The van der Waals surface area contributed by atoms with Crippen LogP contribution in [-0.4, -0.2) is 17.0 Å². The van der Waals surface area contributed by atoms with Crippen LogP contribution in [0.5, 0.6) is 0 Å². The zero-order valence-corrected chi connectivity index (χ0v) is 12.6. The number of carboxylic acid groups (broad SMARTS) is 1. The molecule has 4 nitrogen and oxygen atoms in total. The molecule has 2 fully saturated rings. The molecule has 0 radical (unpaired) electrons. The van der Waals surface area contributed by atoms with Gasteiger partial charge in [0.05, 0.1) is 6.54 Å². The molecule has 2 saturated carbocycles. The highest BCUT2D eigenvalue weighted by atomic mass is 32.1. The number of fused-ring (bicyclic) bond motifs is 2. The molecule has 1 aromatic heterocycles. The highest BCUT2D eigenvalue weighted by Gasteiger charge is 2.42. The number of hydrogen-bond donors (Lipinski definition) is 2. The van der Waals surface area contributed by atoms with Gasteiger partial charge in [-0.2, -0.15) is 0 Å². The van der Waals surface area contributed by atoms with Crippen LogP contribution in [0.1, 0.15) is 36.1 Å². The van der Waals surface area contributed by atoms with E-state index in [1.54, 1.807) is 17.4 Å². The Morgan fingerprint density at radius 3 is 2.90 bits per heavy atom. The fraction of sp³-hybridized carbons (Fsp3) is 0.500. The molecule has 3 atom stereocenters. The van der Waals surface area contributed by atoms with Gasteiger partial charge in [-0.1, -0.05) is 6.42 Å². The molecule has 2 N–H and O–H groups in total. The number of rotatable bonds is 5. The molecule has 2 bridgehead atoms. The fourth-order valence-electron chi connectivity index (χ4n) is 3.67. The molecule has 1 aromatic rings. The predicted molar refractivity (Wildman–Crippen MR) is 81.8 cm³/mol. The molecule has 0 spiro atoms. The number of hydrogen-bond acceptors (Lipinski definition) is 3. The highest BCUT2D eigenvalue weighted by molar-refractivity contribution is 7.10. The van der Waals surface area contributed by atoms with Crippen LogP contribution in [0.4, 0.5) is 0 Å². The Morgan fingerprint density at radius 2 is 2.24 bits per heavy atom. The number of carboxylic acids is 1. The summed E-state index contributed by atoms with van der Waals surface area (Å²) in [5, 5.41) is 13.6. The summed E-state index contributed by atoms with van der Waals surface area (Å²) in [6.45, 7) is 0.490. The second kappa shape index (κ2) is 6.02. The largest absolute Gasteiger partial charge is 0.478 e. The average Bonchev–Trinajstić information content (AvgIpc) is 3.18. The summed E-state index contributed by atoms with van der Waals surface area (Å²) in [6, 6.07) is 1.88. The van der Waals surface area contributed by atoms with Crippen molar-refractivity contribution in [1.29, 1.82) is 0 Å². The number of aliphatic carboxylic acids is 1. The van der Waals surface area contributed by atoms with Crippen molar-refractivity contribution in [2.45, 2.75) is 32.2 Å². The minimum atomic E-state index is -0.960. The van der Waals surface area contributed by atoms with Crippen molar-refractivity contribution < 1.29 is 14.7 Å². The first-order chi connectivity index (χ1) is 10.1. The quantitative estimate of drug-likeness (QED) is 0.822. The maximum Gasteiger partial charge on any atom is 0.328 e. The van der Waals surface area contributed by atoms with Gasteiger partial charge in [-0.15, -0.1) is 11.3 Å². The van der Waals surface area contributed by atoms with E-state index in [4.69, 9.17) is 5.11 Å². The van der Waals surface area contributed by atoms with Crippen molar-refractivity contribution in [3.63, 3.8) is 0 Å². The molecule has 5 heteroatoms. The highest BCUT2D eigenvalue weighted by Crippen LogP contribution is 2.48. The van der Waals surface area contributed by atoms with Crippen LogP contribution in [0.25, 0.3) is 6.08 Å². The summed E-state index contributed by atoms with van der Waals surface area (Å²) in [6.07, 6.45) is 7.48. The summed E-state index contributed by atoms with van der Waals surface area (Å²) in [7, 11) is 0. The lowest BCUT2D eigenvalue weighted by atomic mass is 9.88. The second-order valence-electron chi connectivity index (χ2n) is 5.97. The van der Waals surface area contributed by atoms with Crippen molar-refractivity contribution in [3.05, 3.63) is 28.0 Å². The van der Waals surface area contributed by atoms with Gasteiger partial charge in [-0.25, -0.2) is 4.79 Å². The number of carbonyl (C=O) groups excluding carboxylic acids is 1. The van der Waals surface area contributed by atoms with Crippen molar-refractivity contribution >= 4 is 29.3 Å². The summed E-state index contributed by atoms with van der Waals surface area (Å²) < 4.78 is 0. The van der Waals surface area contributed by atoms with Crippen molar-refractivity contribution in [2.75, 3.05) is 0 Å². The van der Waals surface area contributed by atoms with Crippen LogP contribution >= 0.6 is 11.3 Å². The molecule has 1 amide bonds. The number of carbonyl (C=O) groups is 2. The zero-order chi connectivity index (χ0) is 14.8. The van der Waals surface area contributed by atoms with Gasteiger partial charge in [0.1, 0.15) is 0 Å². The number of nitrogens with one attached hydrogen (secondary N) is 1. The smallest absolute Gasteiger partial charge is 0.328 e. The molecule has 1 heterocycles. The summed E-state index contributed by atoms with van der Waals surface area (Å²) >= 11 is 1.54. The second-order valence-corrected chi connectivity index (χ2v) is 6.97. The average molecular weight is 305 g/mol. The van der Waals surface area contributed by atoms with Crippen LogP contribution in [0.2, 0.25) is 0 Å². The molecular formula is C16H19NO3S. The van der Waals surface area contributed by atoms with E-state index in [9.17, 15) is 9.59 Å². The lowest BCUT2D eigenvalue weighted by molar-refractivity contribution is -0.131. The molecule has 2 aliphatic rings. The van der Waals surface area contributed by atoms with Crippen molar-refractivity contribution in [2.24, 2.45) is 17.8 Å². The topological polar surface area (TPSA) is 66.4 Å². The first kappa shape index (κ1) is 14.3. The molecule has 3 unspecified atom stereocenters. The van der Waals surface area contributed by atoms with Crippen molar-refractivity contribution in [1.82, 2.24) is 5.32 Å². The van der Waals surface area contributed by atoms with Gasteiger partial charge in [-0.05, 0) is 54.2 Å². The Morgan fingerprint density at radius 1 is 1.38 bits per heavy atom. The Bertz CT molecular complexity index is 578. The summed E-state index contributed by atoms with van der Waals surface area (Å²) in [5.74, 6) is 0.759. The summed E-state index contributed by atoms with van der Waals surface area (Å²) in [4.78, 5) is 23.9. The SMILES string of the molecule is O=C(O)/C=C/c1ccsc1CNC(=O)C1CC2CCC1C2. The first-order valence-corrected chi connectivity index (χ1v) is 8.26. The Hall–Kier alpha value is -1.62. The third kappa shape index (κ3) is 3.18.